The number of carbonyl (C=O) groups excluding carboxylic acids is 1. The molecule has 1 spiro atoms. The number of anilines is 2. The van der Waals surface area contributed by atoms with Gasteiger partial charge in [0.25, 0.3) is 5.91 Å². The first-order valence-corrected chi connectivity index (χ1v) is 6.10. The number of nitrogens with two attached hydrogens (primary N) is 1. The van der Waals surface area contributed by atoms with Crippen LogP contribution in [0.5, 0.6) is 5.75 Å². The molecule has 1 aliphatic heterocycles. The van der Waals surface area contributed by atoms with Crippen LogP contribution in [-0.2, 0) is 4.79 Å². The summed E-state index contributed by atoms with van der Waals surface area (Å²) in [5.74, 6) is 0.615. The van der Waals surface area contributed by atoms with Crippen LogP contribution in [0.3, 0.4) is 0 Å². The maximum absolute atomic E-state index is 12.2. The van der Waals surface area contributed by atoms with Crippen molar-refractivity contribution in [3.8, 4) is 5.75 Å². The van der Waals surface area contributed by atoms with Crippen LogP contribution >= 0.6 is 0 Å². The van der Waals surface area contributed by atoms with Gasteiger partial charge in [-0.2, -0.15) is 0 Å². The lowest BCUT2D eigenvalue weighted by atomic mass is 9.83. The summed E-state index contributed by atoms with van der Waals surface area (Å²) in [4.78, 5) is 12.2. The molecule has 2 aliphatic rings. The molecule has 0 bridgehead atoms. The van der Waals surface area contributed by atoms with Gasteiger partial charge < -0.3 is 15.8 Å². The van der Waals surface area contributed by atoms with E-state index in [-0.39, 0.29) is 5.91 Å². The van der Waals surface area contributed by atoms with E-state index in [1.165, 1.54) is 6.42 Å². The van der Waals surface area contributed by atoms with Crippen LogP contribution < -0.4 is 15.8 Å². The molecule has 1 aromatic carbocycles. The van der Waals surface area contributed by atoms with Crippen molar-refractivity contribution in [1.82, 2.24) is 0 Å². The van der Waals surface area contributed by atoms with Crippen molar-refractivity contribution in [3.05, 3.63) is 18.2 Å². The summed E-state index contributed by atoms with van der Waals surface area (Å²) in [5, 5.41) is 2.92. The van der Waals surface area contributed by atoms with Gasteiger partial charge in [-0.05, 0) is 37.8 Å². The molecule has 0 aromatic heterocycles. The highest BCUT2D eigenvalue weighted by atomic mass is 16.5. The lowest BCUT2D eigenvalue weighted by Gasteiger charge is -2.40. The predicted octanol–water partition coefficient (Wildman–Crippen LogP) is 2.30. The van der Waals surface area contributed by atoms with Gasteiger partial charge in [0, 0.05) is 0 Å². The Morgan fingerprint density at radius 2 is 2.00 bits per heavy atom. The van der Waals surface area contributed by atoms with Crippen LogP contribution in [0.15, 0.2) is 18.2 Å². The first-order valence-electron chi connectivity index (χ1n) is 6.10. The molecular formula is C13H16N2O2. The zero-order valence-corrected chi connectivity index (χ0v) is 9.66. The monoisotopic (exact) mass is 232 g/mol. The molecule has 1 heterocycles. The van der Waals surface area contributed by atoms with Gasteiger partial charge in [-0.25, -0.2) is 0 Å². The molecule has 0 atom stereocenters. The van der Waals surface area contributed by atoms with Crippen LogP contribution in [0.2, 0.25) is 0 Å². The second kappa shape index (κ2) is 3.65. The second-order valence-electron chi connectivity index (χ2n) is 4.84. The number of hydrogen-bond acceptors (Lipinski definition) is 3. The smallest absolute Gasteiger partial charge is 0.268 e. The number of rotatable bonds is 0. The van der Waals surface area contributed by atoms with Crippen molar-refractivity contribution in [3.63, 3.8) is 0 Å². The van der Waals surface area contributed by atoms with Crippen molar-refractivity contribution >= 4 is 17.3 Å². The average molecular weight is 232 g/mol. The van der Waals surface area contributed by atoms with Crippen molar-refractivity contribution < 1.29 is 9.53 Å². The van der Waals surface area contributed by atoms with Crippen molar-refractivity contribution in [2.45, 2.75) is 37.7 Å². The maximum atomic E-state index is 12.2. The third-order valence-electron chi connectivity index (χ3n) is 3.67. The van der Waals surface area contributed by atoms with E-state index >= 15 is 0 Å². The highest BCUT2D eigenvalue weighted by Crippen LogP contribution is 2.43. The van der Waals surface area contributed by atoms with Crippen LogP contribution in [-0.4, -0.2) is 11.5 Å². The summed E-state index contributed by atoms with van der Waals surface area (Å²) >= 11 is 0. The molecule has 1 aliphatic carbocycles. The molecule has 0 unspecified atom stereocenters. The number of benzene rings is 1. The SMILES string of the molecule is Nc1cccc2c1OC1(CCCCC1)C(=O)N2. The van der Waals surface area contributed by atoms with Gasteiger partial charge in [-0.3, -0.25) is 4.79 Å². The number of carbonyl (C=O) groups is 1. The summed E-state index contributed by atoms with van der Waals surface area (Å²) in [6.07, 6.45) is 4.82. The molecule has 0 radical (unpaired) electrons. The number of nitrogen functional groups attached to an aromatic ring is 1. The zero-order chi connectivity index (χ0) is 11.9. The van der Waals surface area contributed by atoms with Crippen LogP contribution in [0.25, 0.3) is 0 Å². The lowest BCUT2D eigenvalue weighted by molar-refractivity contribution is -0.135. The maximum Gasteiger partial charge on any atom is 0.268 e. The summed E-state index contributed by atoms with van der Waals surface area (Å²) in [6.45, 7) is 0. The third-order valence-corrected chi connectivity index (χ3v) is 3.67. The fourth-order valence-electron chi connectivity index (χ4n) is 2.70. The number of hydrogen-bond donors (Lipinski definition) is 2. The summed E-state index contributed by atoms with van der Waals surface area (Å²) < 4.78 is 5.97. The molecule has 90 valence electrons. The summed E-state index contributed by atoms with van der Waals surface area (Å²) in [6, 6.07) is 5.43. The highest BCUT2D eigenvalue weighted by molar-refractivity contribution is 6.01. The van der Waals surface area contributed by atoms with Crippen LogP contribution in [0.1, 0.15) is 32.1 Å². The predicted molar refractivity (Wildman–Crippen MR) is 65.9 cm³/mol. The Hall–Kier alpha value is -1.71. The molecule has 3 rings (SSSR count). The molecule has 1 saturated carbocycles. The number of ether oxygens (including phenoxy) is 1. The molecule has 17 heavy (non-hydrogen) atoms. The van der Waals surface area contributed by atoms with E-state index in [2.05, 4.69) is 5.32 Å². The zero-order valence-electron chi connectivity index (χ0n) is 9.66. The minimum Gasteiger partial charge on any atom is -0.473 e. The Kier molecular flexibility index (Phi) is 2.24. The molecular weight excluding hydrogens is 216 g/mol. The van der Waals surface area contributed by atoms with Gasteiger partial charge in [0.1, 0.15) is 0 Å². The molecule has 3 N–H and O–H groups in total. The van der Waals surface area contributed by atoms with Crippen molar-refractivity contribution in [2.75, 3.05) is 11.1 Å². The standard InChI is InChI=1S/C13H16N2O2/c14-9-5-4-6-10-11(9)17-13(12(16)15-10)7-2-1-3-8-13/h4-6H,1-3,7-8,14H2,(H,15,16). The fourth-order valence-corrected chi connectivity index (χ4v) is 2.70. The Labute approximate surface area is 100 Å². The molecule has 1 amide bonds. The van der Waals surface area contributed by atoms with Crippen molar-refractivity contribution in [2.24, 2.45) is 0 Å². The van der Waals surface area contributed by atoms with Gasteiger partial charge in [0.15, 0.2) is 11.4 Å². The molecule has 0 saturated heterocycles. The Morgan fingerprint density at radius 1 is 1.24 bits per heavy atom. The van der Waals surface area contributed by atoms with E-state index in [0.29, 0.717) is 17.1 Å². The summed E-state index contributed by atoms with van der Waals surface area (Å²) in [5.41, 5.74) is 6.50. The van der Waals surface area contributed by atoms with Gasteiger partial charge >= 0.3 is 0 Å². The third kappa shape index (κ3) is 1.55. The largest absolute Gasteiger partial charge is 0.473 e. The quantitative estimate of drug-likeness (QED) is 0.674. The molecule has 1 aromatic rings. The van der Waals surface area contributed by atoms with Gasteiger partial charge in [-0.15, -0.1) is 0 Å². The summed E-state index contributed by atoms with van der Waals surface area (Å²) in [7, 11) is 0. The first-order chi connectivity index (χ1) is 8.21. The highest BCUT2D eigenvalue weighted by Gasteiger charge is 2.45. The normalized spacial score (nSPS) is 21.5. The molecule has 4 heteroatoms. The Morgan fingerprint density at radius 3 is 2.76 bits per heavy atom. The minimum atomic E-state index is -0.680. The van der Waals surface area contributed by atoms with E-state index < -0.39 is 5.60 Å². The van der Waals surface area contributed by atoms with Gasteiger partial charge in [-0.1, -0.05) is 12.5 Å². The van der Waals surface area contributed by atoms with E-state index in [9.17, 15) is 4.79 Å². The van der Waals surface area contributed by atoms with Gasteiger partial charge in [0.05, 0.1) is 11.4 Å². The van der Waals surface area contributed by atoms with E-state index in [1.807, 2.05) is 12.1 Å². The fraction of sp³-hybridized carbons (Fsp3) is 0.462. The average Bonchev–Trinajstić information content (AvgIpc) is 2.34. The number of para-hydroxylation sites is 1. The van der Waals surface area contributed by atoms with Crippen molar-refractivity contribution in [1.29, 1.82) is 0 Å². The number of amides is 1. The number of fused-ring (bicyclic) bond motifs is 1. The van der Waals surface area contributed by atoms with E-state index in [1.54, 1.807) is 6.07 Å². The second-order valence-corrected chi connectivity index (χ2v) is 4.84. The van der Waals surface area contributed by atoms with Gasteiger partial charge in [0.2, 0.25) is 0 Å². The van der Waals surface area contributed by atoms with Crippen LogP contribution in [0, 0.1) is 0 Å². The molecule has 1 fully saturated rings. The minimum absolute atomic E-state index is 0.0182. The Balaban J connectivity index is 2.01. The Bertz CT molecular complexity index is 464. The topological polar surface area (TPSA) is 64.3 Å². The van der Waals surface area contributed by atoms with E-state index in [0.717, 1.165) is 25.7 Å². The first kappa shape index (κ1) is 10.4. The van der Waals surface area contributed by atoms with Crippen LogP contribution in [0.4, 0.5) is 11.4 Å². The lowest BCUT2D eigenvalue weighted by Crippen LogP contribution is -2.52. The van der Waals surface area contributed by atoms with E-state index in [4.69, 9.17) is 10.5 Å². The molecule has 4 nitrogen and oxygen atoms in total. The number of nitrogens with one attached hydrogen (secondary N) is 1.